The average molecular weight is 509 g/mol. The highest BCUT2D eigenvalue weighted by atomic mass is 35.5. The van der Waals surface area contributed by atoms with Gasteiger partial charge in [-0.1, -0.05) is 24.6 Å². The van der Waals surface area contributed by atoms with E-state index in [2.05, 4.69) is 69.1 Å². The van der Waals surface area contributed by atoms with Gasteiger partial charge in [-0.25, -0.2) is 4.98 Å². The molecule has 1 N–H and O–H groups in total. The number of fused-ring (bicyclic) bond motifs is 1. The molecule has 0 spiro atoms. The number of anilines is 3. The first-order valence-corrected chi connectivity index (χ1v) is 13.2. The molecule has 0 amide bonds. The number of aryl methyl sites for hydroxylation is 1. The van der Waals surface area contributed by atoms with Gasteiger partial charge >= 0.3 is 0 Å². The zero-order valence-corrected chi connectivity index (χ0v) is 22.1. The molecule has 0 aliphatic carbocycles. The van der Waals surface area contributed by atoms with Crippen molar-refractivity contribution in [2.45, 2.75) is 13.8 Å². The lowest BCUT2D eigenvalue weighted by molar-refractivity contribution is 0.270. The topological polar surface area (TPSA) is 37.9 Å². The molecule has 2 fully saturated rings. The lowest BCUT2D eigenvalue weighted by atomic mass is 10.1. The number of hydrogen-bond acceptors (Lipinski definition) is 5. The average Bonchev–Trinajstić information content (AvgIpc) is 2.89. The zero-order valence-electron chi connectivity index (χ0n) is 20.5. The van der Waals surface area contributed by atoms with Gasteiger partial charge in [0.1, 0.15) is 5.82 Å². The number of nitrogens with one attached hydrogen (secondary N) is 1. The van der Waals surface area contributed by atoms with Crippen LogP contribution in [0.25, 0.3) is 10.9 Å². The van der Waals surface area contributed by atoms with Crippen LogP contribution in [0.3, 0.4) is 0 Å². The molecule has 0 bridgehead atoms. The summed E-state index contributed by atoms with van der Waals surface area (Å²) in [6.45, 7) is 13.4. The third-order valence-electron chi connectivity index (χ3n) is 7.14. The van der Waals surface area contributed by atoms with Gasteiger partial charge in [-0.05, 0) is 73.7 Å². The van der Waals surface area contributed by atoms with Crippen molar-refractivity contribution in [2.24, 2.45) is 0 Å². The van der Waals surface area contributed by atoms with Crippen LogP contribution >= 0.6 is 23.8 Å². The first kappa shape index (κ1) is 24.1. The molecule has 8 heteroatoms. The van der Waals surface area contributed by atoms with Gasteiger partial charge in [-0.15, -0.1) is 0 Å². The number of rotatable bonds is 4. The molecule has 2 aliphatic heterocycles. The molecular formula is C27H33ClN6S. The number of piperazine rings is 2. The van der Waals surface area contributed by atoms with Crippen molar-refractivity contribution in [1.82, 2.24) is 14.8 Å². The van der Waals surface area contributed by atoms with Crippen LogP contribution in [0.5, 0.6) is 0 Å². The number of pyridine rings is 1. The number of likely N-dealkylation sites (N-methyl/N-ethyl adjacent to an activating group) is 1. The van der Waals surface area contributed by atoms with E-state index >= 15 is 0 Å². The van der Waals surface area contributed by atoms with E-state index in [4.69, 9.17) is 28.8 Å². The molecule has 2 aromatic carbocycles. The number of aromatic nitrogens is 1. The monoisotopic (exact) mass is 508 g/mol. The minimum atomic E-state index is 0.770. The van der Waals surface area contributed by atoms with Crippen LogP contribution in [-0.4, -0.2) is 78.8 Å². The molecular weight excluding hydrogens is 476 g/mol. The number of nitrogens with zero attached hydrogens (tertiary/aromatic N) is 5. The molecule has 0 atom stereocenters. The second-order valence-electron chi connectivity index (χ2n) is 9.33. The summed E-state index contributed by atoms with van der Waals surface area (Å²) in [7, 11) is 0. The van der Waals surface area contributed by atoms with E-state index in [1.807, 2.05) is 18.2 Å². The molecule has 1 aromatic heterocycles. The summed E-state index contributed by atoms with van der Waals surface area (Å²) in [4.78, 5) is 14.5. The van der Waals surface area contributed by atoms with Crippen LogP contribution in [0.15, 0.2) is 48.5 Å². The van der Waals surface area contributed by atoms with Crippen molar-refractivity contribution >= 4 is 57.0 Å². The summed E-state index contributed by atoms with van der Waals surface area (Å²) in [6, 6.07) is 16.6. The molecule has 3 heterocycles. The highest BCUT2D eigenvalue weighted by molar-refractivity contribution is 7.80. The largest absolute Gasteiger partial charge is 0.368 e. The summed E-state index contributed by atoms with van der Waals surface area (Å²) in [5.41, 5.74) is 4.45. The molecule has 2 saturated heterocycles. The van der Waals surface area contributed by atoms with Gasteiger partial charge < -0.3 is 24.9 Å². The Bertz CT molecular complexity index is 1200. The van der Waals surface area contributed by atoms with Crippen LogP contribution in [-0.2, 0) is 0 Å². The molecule has 0 saturated carbocycles. The van der Waals surface area contributed by atoms with Gasteiger partial charge in [0.2, 0.25) is 0 Å². The predicted molar refractivity (Wildman–Crippen MR) is 152 cm³/mol. The van der Waals surface area contributed by atoms with Gasteiger partial charge in [-0.2, -0.15) is 0 Å². The Labute approximate surface area is 218 Å². The third kappa shape index (κ3) is 5.47. The predicted octanol–water partition coefficient (Wildman–Crippen LogP) is 4.86. The molecule has 5 rings (SSSR count). The quantitative estimate of drug-likeness (QED) is 0.504. The number of thiocarbonyl (C=S) groups is 1. The van der Waals surface area contributed by atoms with Gasteiger partial charge in [0.25, 0.3) is 0 Å². The van der Waals surface area contributed by atoms with E-state index < -0.39 is 0 Å². The second kappa shape index (κ2) is 10.6. The van der Waals surface area contributed by atoms with Gasteiger partial charge in [0, 0.05) is 74.1 Å². The van der Waals surface area contributed by atoms with E-state index in [1.54, 1.807) is 0 Å². The molecule has 35 heavy (non-hydrogen) atoms. The maximum Gasteiger partial charge on any atom is 0.173 e. The fraction of sp³-hybridized carbons (Fsp3) is 0.407. The maximum atomic E-state index is 6.17. The van der Waals surface area contributed by atoms with Crippen LogP contribution in [0.1, 0.15) is 12.5 Å². The summed E-state index contributed by atoms with van der Waals surface area (Å²) < 4.78 is 0. The van der Waals surface area contributed by atoms with Gasteiger partial charge in [0.15, 0.2) is 5.11 Å². The second-order valence-corrected chi connectivity index (χ2v) is 10.2. The van der Waals surface area contributed by atoms with Crippen LogP contribution in [0.2, 0.25) is 5.02 Å². The van der Waals surface area contributed by atoms with Crippen LogP contribution < -0.4 is 15.1 Å². The van der Waals surface area contributed by atoms with Crippen molar-refractivity contribution in [3.8, 4) is 0 Å². The maximum absolute atomic E-state index is 6.17. The number of benzene rings is 2. The standard InChI is InChI=1S/C27H33ClN6S/c1-3-31-9-11-33(12-10-31)26-17-20(2)24-19-22(7-8-25(24)30-26)29-27(35)34-15-13-32(14-16-34)23-6-4-5-21(28)18-23/h4-8,17-19H,3,9-16H2,1-2H3,(H,29,35). The Hall–Kier alpha value is -2.61. The van der Waals surface area contributed by atoms with E-state index in [-0.39, 0.29) is 0 Å². The van der Waals surface area contributed by atoms with Crippen LogP contribution in [0.4, 0.5) is 17.2 Å². The fourth-order valence-electron chi connectivity index (χ4n) is 4.95. The Morgan fingerprint density at radius 1 is 0.943 bits per heavy atom. The summed E-state index contributed by atoms with van der Waals surface area (Å²) in [6.07, 6.45) is 0. The SMILES string of the molecule is CCN1CCN(c2cc(C)c3cc(NC(=S)N4CCN(c5cccc(Cl)c5)CC4)ccc3n2)CC1. The fourth-order valence-corrected chi connectivity index (χ4v) is 5.44. The molecule has 6 nitrogen and oxygen atoms in total. The van der Waals surface area contributed by atoms with E-state index in [0.717, 1.165) is 86.1 Å². The Morgan fingerprint density at radius 3 is 2.40 bits per heavy atom. The molecule has 2 aliphatic rings. The van der Waals surface area contributed by atoms with Crippen molar-refractivity contribution in [3.05, 3.63) is 59.1 Å². The normalized spacial score (nSPS) is 17.2. The Balaban J connectivity index is 1.22. The van der Waals surface area contributed by atoms with Gasteiger partial charge in [-0.3, -0.25) is 0 Å². The highest BCUT2D eigenvalue weighted by Crippen LogP contribution is 2.27. The molecule has 0 unspecified atom stereocenters. The van der Waals surface area contributed by atoms with E-state index in [1.165, 1.54) is 16.6 Å². The first-order valence-electron chi connectivity index (χ1n) is 12.5. The summed E-state index contributed by atoms with van der Waals surface area (Å²) in [5.74, 6) is 1.08. The lowest BCUT2D eigenvalue weighted by Crippen LogP contribution is -2.50. The summed E-state index contributed by atoms with van der Waals surface area (Å²) in [5, 5.41) is 6.17. The minimum Gasteiger partial charge on any atom is -0.368 e. The number of hydrogen-bond donors (Lipinski definition) is 1. The number of halogens is 1. The highest BCUT2D eigenvalue weighted by Gasteiger charge is 2.20. The van der Waals surface area contributed by atoms with Crippen molar-refractivity contribution in [3.63, 3.8) is 0 Å². The first-order chi connectivity index (χ1) is 17.0. The molecule has 3 aromatic rings. The third-order valence-corrected chi connectivity index (χ3v) is 7.73. The van der Waals surface area contributed by atoms with Crippen molar-refractivity contribution < 1.29 is 0 Å². The van der Waals surface area contributed by atoms with E-state index in [9.17, 15) is 0 Å². The van der Waals surface area contributed by atoms with Crippen LogP contribution in [0, 0.1) is 6.92 Å². The minimum absolute atomic E-state index is 0.770. The smallest absolute Gasteiger partial charge is 0.173 e. The Morgan fingerprint density at radius 2 is 1.69 bits per heavy atom. The Kier molecular flexibility index (Phi) is 7.27. The molecule has 184 valence electrons. The summed E-state index contributed by atoms with van der Waals surface area (Å²) >= 11 is 11.9. The van der Waals surface area contributed by atoms with Gasteiger partial charge in [0.05, 0.1) is 5.52 Å². The lowest BCUT2D eigenvalue weighted by Gasteiger charge is -2.37. The zero-order chi connectivity index (χ0) is 24.4. The van der Waals surface area contributed by atoms with Crippen molar-refractivity contribution in [2.75, 3.05) is 74.0 Å². The molecule has 0 radical (unpaired) electrons. The van der Waals surface area contributed by atoms with Crippen molar-refractivity contribution in [1.29, 1.82) is 0 Å². The van der Waals surface area contributed by atoms with E-state index in [0.29, 0.717) is 0 Å².